The van der Waals surface area contributed by atoms with Gasteiger partial charge in [0.15, 0.2) is 0 Å². The number of nitrogens with one attached hydrogen (secondary N) is 1. The lowest BCUT2D eigenvalue weighted by atomic mass is 9.91. The molecule has 7 nitrogen and oxygen atoms in total. The molecule has 1 unspecified atom stereocenters. The summed E-state index contributed by atoms with van der Waals surface area (Å²) in [6.45, 7) is 5.39. The average molecular weight is 381 g/mol. The highest BCUT2D eigenvalue weighted by atomic mass is 16.6. The number of hydrogen-bond acceptors (Lipinski definition) is 4. The summed E-state index contributed by atoms with van der Waals surface area (Å²) in [5.41, 5.74) is 1.72. The summed E-state index contributed by atoms with van der Waals surface area (Å²) >= 11 is 0. The molecule has 0 aliphatic carbocycles. The summed E-state index contributed by atoms with van der Waals surface area (Å²) in [4.78, 5) is 37.4. The largest absolute Gasteiger partial charge is 0.325 e. The number of urea groups is 1. The van der Waals surface area contributed by atoms with E-state index in [0.29, 0.717) is 16.7 Å². The second kappa shape index (κ2) is 7.42. The molecule has 1 heterocycles. The molecule has 1 atom stereocenters. The molecule has 7 heteroatoms. The Kier molecular flexibility index (Phi) is 5.18. The van der Waals surface area contributed by atoms with Crippen LogP contribution in [0.2, 0.25) is 0 Å². The number of imide groups is 1. The summed E-state index contributed by atoms with van der Waals surface area (Å²) < 4.78 is 0. The van der Waals surface area contributed by atoms with Gasteiger partial charge in [0.1, 0.15) is 5.54 Å². The molecule has 1 N–H and O–H groups in total. The number of hydrogen-bond donors (Lipinski definition) is 1. The van der Waals surface area contributed by atoms with Crippen molar-refractivity contribution in [3.05, 3.63) is 74.8 Å². The van der Waals surface area contributed by atoms with Crippen molar-refractivity contribution in [2.45, 2.75) is 45.7 Å². The number of benzene rings is 2. The maximum Gasteiger partial charge on any atom is 0.325 e. The van der Waals surface area contributed by atoms with Crippen molar-refractivity contribution in [3.63, 3.8) is 0 Å². The SMILES string of the molecule is CCCc1ccc(C2(C)NC(=O)N(Cc3cccc([N+](=O)[O-])c3C)C2=O)cc1. The summed E-state index contributed by atoms with van der Waals surface area (Å²) in [7, 11) is 0. The molecule has 1 saturated heterocycles. The molecule has 3 rings (SSSR count). The van der Waals surface area contributed by atoms with Gasteiger partial charge in [0, 0.05) is 11.6 Å². The fourth-order valence-corrected chi connectivity index (χ4v) is 3.54. The van der Waals surface area contributed by atoms with E-state index in [2.05, 4.69) is 12.2 Å². The smallest absolute Gasteiger partial charge is 0.319 e. The van der Waals surface area contributed by atoms with E-state index in [-0.39, 0.29) is 18.1 Å². The van der Waals surface area contributed by atoms with Crippen molar-refractivity contribution in [2.24, 2.45) is 0 Å². The monoisotopic (exact) mass is 381 g/mol. The zero-order valence-corrected chi connectivity index (χ0v) is 16.2. The van der Waals surface area contributed by atoms with Gasteiger partial charge in [0.2, 0.25) is 0 Å². The Balaban J connectivity index is 1.88. The molecule has 1 fully saturated rings. The highest BCUT2D eigenvalue weighted by Gasteiger charge is 2.49. The highest BCUT2D eigenvalue weighted by molar-refractivity contribution is 6.07. The van der Waals surface area contributed by atoms with Gasteiger partial charge in [0.05, 0.1) is 11.5 Å². The number of amides is 3. The minimum atomic E-state index is -1.16. The zero-order valence-electron chi connectivity index (χ0n) is 16.2. The van der Waals surface area contributed by atoms with Gasteiger partial charge in [-0.3, -0.25) is 19.8 Å². The lowest BCUT2D eigenvalue weighted by molar-refractivity contribution is -0.385. The van der Waals surface area contributed by atoms with Gasteiger partial charge in [-0.25, -0.2) is 4.79 Å². The Bertz CT molecular complexity index is 939. The molecule has 0 bridgehead atoms. The Morgan fingerprint density at radius 3 is 2.43 bits per heavy atom. The normalized spacial score (nSPS) is 19.0. The van der Waals surface area contributed by atoms with Crippen LogP contribution in [0, 0.1) is 17.0 Å². The van der Waals surface area contributed by atoms with E-state index in [1.165, 1.54) is 11.6 Å². The maximum absolute atomic E-state index is 13.1. The van der Waals surface area contributed by atoms with Crippen LogP contribution in [0.3, 0.4) is 0 Å². The molecule has 0 radical (unpaired) electrons. The summed E-state index contributed by atoms with van der Waals surface area (Å²) in [5, 5.41) is 13.9. The van der Waals surface area contributed by atoms with Crippen LogP contribution in [0.25, 0.3) is 0 Å². The third-order valence-corrected chi connectivity index (χ3v) is 5.29. The standard InChI is InChI=1S/C21H23N3O4/c1-4-6-15-9-11-17(12-10-15)21(3)19(25)23(20(26)22-21)13-16-7-5-8-18(14(16)2)24(27)28/h5,7-12H,4,6,13H2,1-3H3,(H,22,26). The molecule has 0 aromatic heterocycles. The van der Waals surface area contributed by atoms with E-state index in [0.717, 1.165) is 17.7 Å². The first-order valence-corrected chi connectivity index (χ1v) is 9.24. The number of rotatable bonds is 6. The van der Waals surface area contributed by atoms with E-state index in [4.69, 9.17) is 0 Å². The second-order valence-electron chi connectivity index (χ2n) is 7.21. The third kappa shape index (κ3) is 3.35. The summed E-state index contributed by atoms with van der Waals surface area (Å²) in [5.74, 6) is -0.369. The van der Waals surface area contributed by atoms with Crippen LogP contribution in [-0.4, -0.2) is 21.8 Å². The first-order chi connectivity index (χ1) is 13.3. The van der Waals surface area contributed by atoms with Gasteiger partial charge >= 0.3 is 6.03 Å². The van der Waals surface area contributed by atoms with Crippen LogP contribution >= 0.6 is 0 Å². The third-order valence-electron chi connectivity index (χ3n) is 5.29. The Morgan fingerprint density at radius 2 is 1.82 bits per heavy atom. The number of carbonyl (C=O) groups excluding carboxylic acids is 2. The first-order valence-electron chi connectivity index (χ1n) is 9.24. The van der Waals surface area contributed by atoms with E-state index >= 15 is 0 Å². The molecule has 1 aliphatic heterocycles. The van der Waals surface area contributed by atoms with Gasteiger partial charge in [-0.1, -0.05) is 49.7 Å². The minimum Gasteiger partial charge on any atom is -0.319 e. The van der Waals surface area contributed by atoms with E-state index in [1.807, 2.05) is 24.3 Å². The van der Waals surface area contributed by atoms with E-state index in [9.17, 15) is 19.7 Å². The fourth-order valence-electron chi connectivity index (χ4n) is 3.54. The van der Waals surface area contributed by atoms with Crippen molar-refractivity contribution in [1.82, 2.24) is 10.2 Å². The van der Waals surface area contributed by atoms with Gasteiger partial charge in [-0.15, -0.1) is 0 Å². The predicted molar refractivity (Wildman–Crippen MR) is 105 cm³/mol. The Labute approximate surface area is 163 Å². The van der Waals surface area contributed by atoms with Gasteiger partial charge in [-0.05, 0) is 37.0 Å². The molecule has 146 valence electrons. The highest BCUT2D eigenvalue weighted by Crippen LogP contribution is 2.31. The van der Waals surface area contributed by atoms with Crippen molar-refractivity contribution in [1.29, 1.82) is 0 Å². The van der Waals surface area contributed by atoms with Crippen molar-refractivity contribution >= 4 is 17.6 Å². The first kappa shape index (κ1) is 19.5. The number of nitro groups is 1. The summed E-state index contributed by atoms with van der Waals surface area (Å²) in [6.07, 6.45) is 1.98. The molecule has 3 amide bonds. The van der Waals surface area contributed by atoms with Crippen LogP contribution in [0.5, 0.6) is 0 Å². The van der Waals surface area contributed by atoms with Gasteiger partial charge < -0.3 is 5.32 Å². The topological polar surface area (TPSA) is 92.6 Å². The fraction of sp³-hybridized carbons (Fsp3) is 0.333. The average Bonchev–Trinajstić information content (AvgIpc) is 2.88. The Hall–Kier alpha value is -3.22. The van der Waals surface area contributed by atoms with E-state index in [1.54, 1.807) is 26.0 Å². The summed E-state index contributed by atoms with van der Waals surface area (Å²) in [6, 6.07) is 11.8. The molecule has 0 saturated carbocycles. The Morgan fingerprint density at radius 1 is 1.14 bits per heavy atom. The molecular formula is C21H23N3O4. The van der Waals surface area contributed by atoms with Gasteiger partial charge in [-0.2, -0.15) is 0 Å². The number of aryl methyl sites for hydroxylation is 1. The van der Waals surface area contributed by atoms with Crippen molar-refractivity contribution in [2.75, 3.05) is 0 Å². The molecule has 1 aliphatic rings. The quantitative estimate of drug-likeness (QED) is 0.468. The van der Waals surface area contributed by atoms with Crippen LogP contribution in [-0.2, 0) is 23.3 Å². The number of nitrogens with zero attached hydrogens (tertiary/aromatic N) is 2. The van der Waals surface area contributed by atoms with Crippen molar-refractivity contribution < 1.29 is 14.5 Å². The van der Waals surface area contributed by atoms with Crippen LogP contribution in [0.1, 0.15) is 42.5 Å². The predicted octanol–water partition coefficient (Wildman–Crippen LogP) is 3.82. The van der Waals surface area contributed by atoms with Crippen LogP contribution < -0.4 is 5.32 Å². The minimum absolute atomic E-state index is 0.0122. The molecular weight excluding hydrogens is 358 g/mol. The molecule has 28 heavy (non-hydrogen) atoms. The maximum atomic E-state index is 13.1. The zero-order chi connectivity index (χ0) is 20.5. The number of nitro benzene ring substituents is 1. The molecule has 0 spiro atoms. The van der Waals surface area contributed by atoms with Gasteiger partial charge in [0.25, 0.3) is 11.6 Å². The van der Waals surface area contributed by atoms with Crippen LogP contribution in [0.15, 0.2) is 42.5 Å². The second-order valence-corrected chi connectivity index (χ2v) is 7.21. The van der Waals surface area contributed by atoms with E-state index < -0.39 is 16.5 Å². The molecule has 2 aromatic carbocycles. The molecule has 2 aromatic rings. The lowest BCUT2D eigenvalue weighted by Crippen LogP contribution is -2.40. The number of carbonyl (C=O) groups is 2. The lowest BCUT2D eigenvalue weighted by Gasteiger charge is -2.22. The van der Waals surface area contributed by atoms with Crippen LogP contribution in [0.4, 0.5) is 10.5 Å². The van der Waals surface area contributed by atoms with Crippen molar-refractivity contribution in [3.8, 4) is 0 Å².